The number of halogens is 4. The molecule has 12 nitrogen and oxygen atoms in total. The van der Waals surface area contributed by atoms with Crippen LogP contribution < -0.4 is 4.98 Å². The second kappa shape index (κ2) is 115. The molecule has 0 aliphatic carbocycles. The quantitative estimate of drug-likeness (QED) is 0.218. The van der Waals surface area contributed by atoms with E-state index in [1.54, 1.807) is 12.4 Å². The largest absolute Gasteiger partial charge is 0.450 e. The number of hydrogen-bond donors (Lipinski definition) is 2. The van der Waals surface area contributed by atoms with Crippen molar-refractivity contribution in [3.8, 4) is 0 Å². The molecular formula is C9H35I4InN4O8V2Y2-. The van der Waals surface area contributed by atoms with E-state index in [4.69, 9.17) is 30.6 Å². The molecule has 0 fully saturated rings. The maximum absolute atomic E-state index is 8.36. The molecule has 0 aliphatic rings. The standard InChI is InChI=1S/C3H3N2.6CH4.4HI.In.2HNO3.2H2O.2V.2Y.2H/c1-2-5-3-4-1;;;;;;;;;;;;2*2-1(3)4;;;;;;;;/h1-3H;6*1H4;4*1H;;2*(H,2,3,4);2*1H2;;;;;;/q-1;;;;;;;;;;;;;;;;2*+2;;;;/p-4. The number of rotatable bonds is 0. The monoisotopic (exact) mass is 1230 g/mol. The summed E-state index contributed by atoms with van der Waals surface area (Å²) in [6.07, 6.45) is 4.78. The Kier molecular flexibility index (Phi) is 389. The minimum absolute atomic E-state index is 0. The van der Waals surface area contributed by atoms with Crippen LogP contribution in [0.3, 0.4) is 0 Å². The van der Waals surface area contributed by atoms with E-state index in [-0.39, 0.29) is 147 Å². The van der Waals surface area contributed by atoms with Gasteiger partial charge in [-0.3, -0.25) is 0 Å². The van der Waals surface area contributed by atoms with E-state index in [2.05, 4.69) is 89.9 Å². The van der Waals surface area contributed by atoms with Gasteiger partial charge in [-0.2, -0.15) is 0 Å². The maximum Gasteiger partial charge on any atom is 0 e. The molecule has 0 aromatic carbocycles. The molecule has 0 aliphatic heterocycles. The van der Waals surface area contributed by atoms with Crippen LogP contribution in [0.4, 0.5) is 0 Å². The normalized spacial score (nSPS) is 3.87. The molecule has 3 radical (unpaired) electrons. The Balaban J connectivity index is -0.00000000668. The van der Waals surface area contributed by atoms with Crippen molar-refractivity contribution in [2.45, 2.75) is 44.6 Å². The average Bonchev–Trinajstić information content (AvgIpc) is 2.74. The fourth-order valence-electron chi connectivity index (χ4n) is 0.192. The molecule has 0 saturated heterocycles. The molecule has 0 atom stereocenters. The van der Waals surface area contributed by atoms with Gasteiger partial charge in [0.1, 0.15) is 0 Å². The third kappa shape index (κ3) is 349. The third-order valence-electron chi connectivity index (χ3n) is 0.372. The van der Waals surface area contributed by atoms with E-state index < -0.39 is 10.2 Å². The summed E-state index contributed by atoms with van der Waals surface area (Å²) in [5.74, 6) is 0. The van der Waals surface area contributed by atoms with E-state index >= 15 is 0 Å². The molecule has 1 aromatic heterocycles. The van der Waals surface area contributed by atoms with Crippen molar-refractivity contribution in [1.82, 2.24) is 9.97 Å². The van der Waals surface area contributed by atoms with Crippen molar-refractivity contribution in [1.29, 1.82) is 0 Å². The average molecular weight is 1230 g/mol. The number of nitrogens with zero attached hydrogens (tertiary/aromatic N) is 4. The zero-order chi connectivity index (χ0) is 16.1. The van der Waals surface area contributed by atoms with Crippen LogP contribution in [0.5, 0.6) is 0 Å². The molecule has 0 bridgehead atoms. The first-order valence-electron chi connectivity index (χ1n) is 3.17. The zero-order valence-electron chi connectivity index (χ0n) is 11.6. The van der Waals surface area contributed by atoms with Gasteiger partial charge in [-0.15, -0.1) is 20.2 Å². The second-order valence-electron chi connectivity index (χ2n) is 1.32. The van der Waals surface area contributed by atoms with Gasteiger partial charge in [0.05, 0.1) is 0 Å². The molecule has 6 N–H and O–H groups in total. The molecule has 1 aromatic rings. The van der Waals surface area contributed by atoms with Gasteiger partial charge < -0.3 is 31.3 Å². The predicted octanol–water partition coefficient (Wildman–Crippen LogP) is 4.13. The van der Waals surface area contributed by atoms with Crippen molar-refractivity contribution >= 4 is 106 Å². The molecule has 1 heterocycles. The molecule has 0 spiro atoms. The van der Waals surface area contributed by atoms with E-state index in [0.29, 0.717) is 18.9 Å². The Bertz CT molecular complexity index is 262. The number of hydrogen-bond acceptors (Lipinski definition) is 5. The first kappa shape index (κ1) is 102. The minimum atomic E-state index is -1.50. The van der Waals surface area contributed by atoms with Gasteiger partial charge in [0.15, 0.2) is 0 Å². The summed E-state index contributed by atoms with van der Waals surface area (Å²) < 4.78 is 0. The maximum atomic E-state index is 8.36. The number of imidazole rings is 1. The molecule has 0 saturated carbocycles. The second-order valence-corrected chi connectivity index (χ2v) is 24.9. The third-order valence-corrected chi connectivity index (χ3v) is 0.372. The molecule has 21 heteroatoms. The Morgan fingerprint density at radius 1 is 0.800 bits per heavy atom. The van der Waals surface area contributed by atoms with Gasteiger partial charge in [-0.05, 0) is 0 Å². The molecule has 0 unspecified atom stereocenters. The number of aromatic nitrogens is 2. The SMILES string of the molecule is C.C.C.C.C.C.O.O.O=[N+]([O-])O.O=[N+]([O-])O.[I][V][I].[I][V][I].[InH2].[Y].[Y].c1c[n-]cn1. The first-order valence-corrected chi connectivity index (χ1v) is 21.2. The summed E-state index contributed by atoms with van der Waals surface area (Å²) in [4.78, 5) is 23.9. The van der Waals surface area contributed by atoms with Gasteiger partial charge in [0.2, 0.25) is 0 Å². The van der Waals surface area contributed by atoms with Gasteiger partial charge in [-0.1, -0.05) is 63.3 Å². The molecular weight excluding hydrogens is 1190 g/mol. The van der Waals surface area contributed by atoms with Crippen molar-refractivity contribution in [3.05, 3.63) is 38.9 Å². The zero-order valence-corrected chi connectivity index (χ0v) is 34.4. The van der Waals surface area contributed by atoms with Crippen molar-refractivity contribution in [2.24, 2.45) is 0 Å². The Morgan fingerprint density at radius 3 is 1.00 bits per heavy atom. The summed E-state index contributed by atoms with van der Waals surface area (Å²) >= 11 is 9.48. The first-order chi connectivity index (χ1) is 8.79. The fourth-order valence-corrected chi connectivity index (χ4v) is 0.192. The Labute approximate surface area is 308 Å². The van der Waals surface area contributed by atoms with Crippen molar-refractivity contribution in [3.63, 3.8) is 0 Å². The van der Waals surface area contributed by atoms with E-state index in [1.165, 1.54) is 6.33 Å². The van der Waals surface area contributed by atoms with Gasteiger partial charge in [0, 0.05) is 65.4 Å². The van der Waals surface area contributed by atoms with Crippen LogP contribution in [0.1, 0.15) is 44.6 Å². The Morgan fingerprint density at radius 2 is 0.967 bits per heavy atom. The molecule has 187 valence electrons. The van der Waals surface area contributed by atoms with E-state index in [9.17, 15) is 0 Å². The summed E-state index contributed by atoms with van der Waals surface area (Å²) in [5, 5.41) is 27.3. The van der Waals surface area contributed by atoms with Gasteiger partial charge >= 0.3 is 125 Å². The van der Waals surface area contributed by atoms with Crippen molar-refractivity contribution < 1.29 is 116 Å². The molecule has 30 heavy (non-hydrogen) atoms. The Hall–Kier alpha value is 4.70. The predicted molar refractivity (Wildman–Crippen MR) is 147 cm³/mol. The van der Waals surface area contributed by atoms with Gasteiger partial charge in [-0.25, -0.2) is 0 Å². The summed E-state index contributed by atoms with van der Waals surface area (Å²) in [6, 6.07) is 0. The minimum Gasteiger partial charge on any atom is -0.450 e. The van der Waals surface area contributed by atoms with Crippen LogP contribution in [0.25, 0.3) is 0 Å². The van der Waals surface area contributed by atoms with E-state index in [0.717, 1.165) is 0 Å². The van der Waals surface area contributed by atoms with E-state index in [1.807, 2.05) is 0 Å². The van der Waals surface area contributed by atoms with Crippen LogP contribution in [0, 0.1) is 20.2 Å². The van der Waals surface area contributed by atoms with Crippen LogP contribution in [-0.2, 0) is 84.3 Å². The molecule has 0 amide bonds. The van der Waals surface area contributed by atoms with Gasteiger partial charge in [0.25, 0.3) is 10.2 Å². The van der Waals surface area contributed by atoms with Crippen LogP contribution >= 0.6 is 79.9 Å². The van der Waals surface area contributed by atoms with Crippen LogP contribution in [-0.4, -0.2) is 62.4 Å². The van der Waals surface area contributed by atoms with Crippen LogP contribution in [0.2, 0.25) is 0 Å². The van der Waals surface area contributed by atoms with Crippen LogP contribution in [0.15, 0.2) is 18.7 Å². The van der Waals surface area contributed by atoms with Crippen molar-refractivity contribution in [2.75, 3.05) is 0 Å². The summed E-state index contributed by atoms with van der Waals surface area (Å²) in [6.45, 7) is 0. The fraction of sp³-hybridized carbons (Fsp3) is 0.667. The smallest absolute Gasteiger partial charge is 0 e. The molecule has 1 rings (SSSR count). The summed E-state index contributed by atoms with van der Waals surface area (Å²) in [7, 11) is 1.25. The summed E-state index contributed by atoms with van der Waals surface area (Å²) in [5.41, 5.74) is 0. The topological polar surface area (TPSA) is 217 Å².